The number of para-hydroxylation sites is 1. The number of amides is 1. The largest absolute Gasteiger partial charge is 0.334 e. The molecule has 0 aliphatic carbocycles. The van der Waals surface area contributed by atoms with Crippen molar-refractivity contribution < 1.29 is 4.79 Å². The summed E-state index contributed by atoms with van der Waals surface area (Å²) >= 11 is 9.60. The van der Waals surface area contributed by atoms with Crippen LogP contribution in [0, 0.1) is 0 Å². The minimum absolute atomic E-state index is 0.0968. The van der Waals surface area contributed by atoms with Crippen molar-refractivity contribution in [3.05, 3.63) is 56.5 Å². The van der Waals surface area contributed by atoms with Crippen LogP contribution in [0.2, 0.25) is 0 Å². The van der Waals surface area contributed by atoms with Gasteiger partial charge in [-0.3, -0.25) is 19.1 Å². The average molecular weight is 462 g/mol. The van der Waals surface area contributed by atoms with E-state index in [1.54, 1.807) is 27.3 Å². The van der Waals surface area contributed by atoms with Gasteiger partial charge < -0.3 is 4.90 Å². The number of carbonyl (C=O) groups excluding carboxylic acids is 1. The van der Waals surface area contributed by atoms with Crippen LogP contribution in [0.3, 0.4) is 0 Å². The minimum atomic E-state index is -0.132. The second-order valence-electron chi connectivity index (χ2n) is 6.31. The van der Waals surface area contributed by atoms with Gasteiger partial charge in [0.15, 0.2) is 0 Å². The van der Waals surface area contributed by atoms with Gasteiger partial charge in [0.05, 0.1) is 5.69 Å². The lowest BCUT2D eigenvalue weighted by atomic mass is 10.3. The highest BCUT2D eigenvalue weighted by Gasteiger charge is 2.33. The Labute approximate surface area is 186 Å². The van der Waals surface area contributed by atoms with Crippen molar-refractivity contribution in [1.82, 2.24) is 9.47 Å². The van der Waals surface area contributed by atoms with E-state index in [4.69, 9.17) is 12.2 Å². The Morgan fingerprint density at radius 3 is 2.48 bits per heavy atom. The second kappa shape index (κ2) is 8.14. The van der Waals surface area contributed by atoms with Crippen LogP contribution in [0.5, 0.6) is 0 Å². The highest BCUT2D eigenvalue weighted by molar-refractivity contribution is 8.30. The summed E-state index contributed by atoms with van der Waals surface area (Å²) in [4.78, 5) is 31.6. The van der Waals surface area contributed by atoms with E-state index in [1.165, 1.54) is 23.1 Å². The zero-order valence-corrected chi connectivity index (χ0v) is 19.3. The zero-order chi connectivity index (χ0) is 20.7. The Kier molecular flexibility index (Phi) is 5.74. The lowest BCUT2D eigenvalue weighted by Gasteiger charge is -2.16. The maximum Gasteiger partial charge on any atom is 0.272 e. The summed E-state index contributed by atoms with van der Waals surface area (Å²) in [6, 6.07) is 8.14. The van der Waals surface area contributed by atoms with Gasteiger partial charge in [0.25, 0.3) is 11.5 Å². The van der Waals surface area contributed by atoms with E-state index in [0.29, 0.717) is 31.5 Å². The molecule has 29 heavy (non-hydrogen) atoms. The minimum Gasteiger partial charge on any atom is -0.334 e. The van der Waals surface area contributed by atoms with E-state index in [1.807, 2.05) is 19.1 Å². The van der Waals surface area contributed by atoms with Crippen LogP contribution in [0.25, 0.3) is 9.93 Å². The quantitative estimate of drug-likeness (QED) is 0.515. The number of anilines is 1. The fourth-order valence-electron chi connectivity index (χ4n) is 3.33. The number of thiazole rings is 1. The van der Waals surface area contributed by atoms with Gasteiger partial charge in [-0.05, 0) is 26.0 Å². The van der Waals surface area contributed by atoms with Crippen molar-refractivity contribution in [1.29, 1.82) is 0 Å². The fourth-order valence-corrected chi connectivity index (χ4v) is 7.37. The van der Waals surface area contributed by atoms with Gasteiger partial charge >= 0.3 is 0 Å². The summed E-state index contributed by atoms with van der Waals surface area (Å²) in [6.45, 7) is 9.37. The van der Waals surface area contributed by atoms with Crippen LogP contribution in [0.4, 0.5) is 5.69 Å². The monoisotopic (exact) mass is 461 g/mol. The molecule has 1 fully saturated rings. The summed E-state index contributed by atoms with van der Waals surface area (Å²) in [7, 11) is 0. The van der Waals surface area contributed by atoms with Gasteiger partial charge in [-0.1, -0.05) is 54.0 Å². The molecule has 0 saturated carbocycles. The first kappa shape index (κ1) is 20.5. The standard InChI is InChI=1S/C20H19N3O2S4/c1-4-11-23-17(25)14(18-21(5-2)12-9-7-8-10-13(12)27-18)28-19(23)15-16(24)22(6-3)20(26)29-15/h4,7-10H,1,5-6,11H2,2-3H3. The number of nitrogens with zero attached hydrogens (tertiary/aromatic N) is 3. The first-order chi connectivity index (χ1) is 14.0. The Bertz CT molecular complexity index is 1210. The Balaban J connectivity index is 2.01. The van der Waals surface area contributed by atoms with Crippen molar-refractivity contribution in [3.8, 4) is 0 Å². The summed E-state index contributed by atoms with van der Waals surface area (Å²) in [5, 5.41) is 0.915. The molecule has 0 atom stereocenters. The number of hydrogen-bond donors (Lipinski definition) is 0. The van der Waals surface area contributed by atoms with Gasteiger partial charge in [-0.2, -0.15) is 0 Å². The fraction of sp³-hybridized carbons (Fsp3) is 0.250. The molecule has 5 nitrogen and oxygen atoms in total. The van der Waals surface area contributed by atoms with Gasteiger partial charge in [0.1, 0.15) is 23.4 Å². The van der Waals surface area contributed by atoms with Crippen LogP contribution in [-0.2, 0) is 11.3 Å². The summed E-state index contributed by atoms with van der Waals surface area (Å²) in [5.74, 6) is -0.132. The number of allylic oxidation sites excluding steroid dienone is 1. The highest BCUT2D eigenvalue weighted by atomic mass is 32.2. The van der Waals surface area contributed by atoms with E-state index in [9.17, 15) is 9.59 Å². The number of hydrogen-bond acceptors (Lipinski definition) is 7. The molecule has 2 aromatic rings. The molecule has 2 aliphatic heterocycles. The maximum atomic E-state index is 13.4. The molecule has 1 aromatic carbocycles. The highest BCUT2D eigenvalue weighted by Crippen LogP contribution is 2.45. The van der Waals surface area contributed by atoms with Crippen molar-refractivity contribution in [3.63, 3.8) is 0 Å². The van der Waals surface area contributed by atoms with E-state index in [0.717, 1.165) is 22.2 Å². The van der Waals surface area contributed by atoms with Crippen LogP contribution < -0.4 is 19.7 Å². The smallest absolute Gasteiger partial charge is 0.272 e. The van der Waals surface area contributed by atoms with Crippen LogP contribution in [-0.4, -0.2) is 32.8 Å². The zero-order valence-electron chi connectivity index (χ0n) is 16.0. The van der Waals surface area contributed by atoms with Crippen molar-refractivity contribution in [2.24, 2.45) is 0 Å². The molecule has 3 heterocycles. The van der Waals surface area contributed by atoms with Crippen LogP contribution in [0.1, 0.15) is 13.8 Å². The molecule has 2 aliphatic rings. The molecule has 0 spiro atoms. The topological polar surface area (TPSA) is 45.6 Å². The Morgan fingerprint density at radius 1 is 1.10 bits per heavy atom. The molecule has 0 N–H and O–H groups in total. The van der Waals surface area contributed by atoms with Gasteiger partial charge in [-0.25, -0.2) is 0 Å². The average Bonchev–Trinajstić information content (AvgIpc) is 3.33. The second-order valence-corrected chi connectivity index (χ2v) is 9.98. The van der Waals surface area contributed by atoms with Crippen molar-refractivity contribution in [2.45, 2.75) is 25.3 Å². The number of benzene rings is 1. The number of thiocarbonyl (C=S) groups is 1. The third-order valence-electron chi connectivity index (χ3n) is 4.67. The number of thioether (sulfide) groups is 2. The summed E-state index contributed by atoms with van der Waals surface area (Å²) in [5.41, 5.74) is 1.01. The molecule has 4 rings (SSSR count). The molecular weight excluding hydrogens is 443 g/mol. The maximum absolute atomic E-state index is 13.4. The molecule has 150 valence electrons. The molecule has 1 aromatic heterocycles. The van der Waals surface area contributed by atoms with Gasteiger partial charge in [-0.15, -0.1) is 17.9 Å². The summed E-state index contributed by atoms with van der Waals surface area (Å²) in [6.07, 6.45) is 1.68. The molecule has 1 amide bonds. The molecule has 0 bridgehead atoms. The predicted molar refractivity (Wildman–Crippen MR) is 128 cm³/mol. The normalized spacial score (nSPS) is 19.9. The van der Waals surface area contributed by atoms with E-state index < -0.39 is 0 Å². The number of rotatable bonds is 4. The third-order valence-corrected chi connectivity index (χ3v) is 8.74. The SMILES string of the molecule is C=CCn1c(=C2SC(=S)N(CC)C2=O)sc(=C2Sc3ccccc3N2CC)c1=O. The van der Waals surface area contributed by atoms with Crippen LogP contribution >= 0.6 is 47.1 Å². The lowest BCUT2D eigenvalue weighted by molar-refractivity contribution is -0.120. The van der Waals surface area contributed by atoms with E-state index in [2.05, 4.69) is 30.5 Å². The van der Waals surface area contributed by atoms with Crippen LogP contribution in [0.15, 0.2) is 46.6 Å². The molecular formula is C20H19N3O2S4. The number of carbonyl (C=O) groups is 1. The first-order valence-electron chi connectivity index (χ1n) is 9.19. The van der Waals surface area contributed by atoms with Crippen molar-refractivity contribution >= 4 is 72.9 Å². The molecule has 1 saturated heterocycles. The molecule has 0 unspecified atom stereocenters. The lowest BCUT2D eigenvalue weighted by Crippen LogP contribution is -2.35. The Morgan fingerprint density at radius 2 is 1.83 bits per heavy atom. The molecule has 9 heteroatoms. The Hall–Kier alpha value is -1.81. The number of fused-ring (bicyclic) bond motifs is 1. The van der Waals surface area contributed by atoms with E-state index in [-0.39, 0.29) is 11.5 Å². The predicted octanol–water partition coefficient (Wildman–Crippen LogP) is 2.78. The number of aromatic nitrogens is 1. The summed E-state index contributed by atoms with van der Waals surface area (Å²) < 4.78 is 3.47. The van der Waals surface area contributed by atoms with Gasteiger partial charge in [0, 0.05) is 24.5 Å². The van der Waals surface area contributed by atoms with Gasteiger partial charge in [0.2, 0.25) is 0 Å². The third kappa shape index (κ3) is 3.30. The first-order valence-corrected chi connectivity index (χ1v) is 12.0. The van der Waals surface area contributed by atoms with Crippen molar-refractivity contribution in [2.75, 3.05) is 18.0 Å². The molecule has 0 radical (unpaired) electrons. The van der Waals surface area contributed by atoms with E-state index >= 15 is 0 Å².